The molecule has 0 aliphatic carbocycles. The first-order valence-electron chi connectivity index (χ1n) is 19.5. The minimum absolute atomic E-state index is 0.968. The Morgan fingerprint density at radius 3 is 0.862 bits per heavy atom. The van der Waals surface area contributed by atoms with Crippen LogP contribution in [0, 0.1) is 0 Å². The maximum Gasteiger partial charge on any atom is 0.0462 e. The molecule has 0 heterocycles. The van der Waals surface area contributed by atoms with Crippen molar-refractivity contribution in [1.82, 2.24) is 0 Å². The lowest BCUT2D eigenvalue weighted by atomic mass is 10.0. The summed E-state index contributed by atoms with van der Waals surface area (Å²) in [6, 6.07) is 76.5. The van der Waals surface area contributed by atoms with Crippen molar-refractivity contribution in [1.29, 1.82) is 0 Å². The summed E-state index contributed by atoms with van der Waals surface area (Å²) >= 11 is 0. The molecule has 0 radical (unpaired) electrons. The molecule has 0 amide bonds. The predicted molar refractivity (Wildman–Crippen MR) is 250 cm³/mol. The van der Waals surface area contributed by atoms with Gasteiger partial charge in [0.15, 0.2) is 0 Å². The van der Waals surface area contributed by atoms with Crippen LogP contribution < -0.4 is 9.80 Å². The lowest BCUT2D eigenvalue weighted by Gasteiger charge is -2.26. The third-order valence-corrected chi connectivity index (χ3v) is 10.2. The van der Waals surface area contributed by atoms with Crippen molar-refractivity contribution in [3.8, 4) is 11.1 Å². The van der Waals surface area contributed by atoms with Crippen molar-refractivity contribution in [3.05, 3.63) is 266 Å². The van der Waals surface area contributed by atoms with E-state index in [0.717, 1.165) is 78.7 Å². The summed E-state index contributed by atoms with van der Waals surface area (Å²) in [4.78, 5) is 4.58. The molecule has 8 aromatic carbocycles. The monoisotopic (exact) mass is 744 g/mol. The van der Waals surface area contributed by atoms with Crippen LogP contribution in [0.4, 0.5) is 34.1 Å². The molecule has 0 aliphatic heterocycles. The molecule has 0 atom stereocenters. The Bertz CT molecular complexity index is 2440. The standard InChI is InChI=1S/C56H44N2/c1-43(23-25-45-15-7-3-8-16-45)47-27-35-53(36-28-47)57(51-19-11-5-12-20-51)55-39-31-49(32-40-55)50-33-41-56(42-34-50)58(52-21-13-6-14-22-52)54-37-29-48(30-38-54)44(2)24-26-46-17-9-4-10-18-46/h3-42H,1-2H2/b25-23+,26-24+. The molecule has 0 bridgehead atoms. The van der Waals surface area contributed by atoms with Gasteiger partial charge in [0, 0.05) is 34.1 Å². The van der Waals surface area contributed by atoms with E-state index in [2.05, 4.69) is 229 Å². The van der Waals surface area contributed by atoms with Crippen LogP contribution in [0.2, 0.25) is 0 Å². The molecule has 0 aliphatic rings. The number of hydrogen-bond acceptors (Lipinski definition) is 2. The third kappa shape index (κ3) is 8.89. The van der Waals surface area contributed by atoms with Gasteiger partial charge in [-0.05, 0) is 117 Å². The van der Waals surface area contributed by atoms with Crippen LogP contribution in [-0.4, -0.2) is 0 Å². The fourth-order valence-corrected chi connectivity index (χ4v) is 7.02. The second-order valence-electron chi connectivity index (χ2n) is 14.1. The maximum absolute atomic E-state index is 4.33. The van der Waals surface area contributed by atoms with Crippen LogP contribution in [0.25, 0.3) is 34.4 Å². The van der Waals surface area contributed by atoms with E-state index in [1.807, 2.05) is 36.4 Å². The highest BCUT2D eigenvalue weighted by Crippen LogP contribution is 2.38. The molecule has 0 N–H and O–H groups in total. The topological polar surface area (TPSA) is 6.48 Å². The molecule has 8 aromatic rings. The Morgan fingerprint density at radius 1 is 0.293 bits per heavy atom. The molecular weight excluding hydrogens is 701 g/mol. The first-order chi connectivity index (χ1) is 28.6. The van der Waals surface area contributed by atoms with Crippen LogP contribution in [0.1, 0.15) is 22.3 Å². The summed E-state index contributed by atoms with van der Waals surface area (Å²) < 4.78 is 0. The molecule has 2 nitrogen and oxygen atoms in total. The first-order valence-corrected chi connectivity index (χ1v) is 19.5. The first kappa shape index (κ1) is 37.3. The van der Waals surface area contributed by atoms with E-state index in [4.69, 9.17) is 0 Å². The number of nitrogens with zero attached hydrogens (tertiary/aromatic N) is 2. The molecule has 8 rings (SSSR count). The van der Waals surface area contributed by atoms with E-state index in [1.54, 1.807) is 0 Å². The van der Waals surface area contributed by atoms with Gasteiger partial charge in [-0.1, -0.05) is 183 Å². The molecule has 0 aromatic heterocycles. The van der Waals surface area contributed by atoms with E-state index in [0.29, 0.717) is 0 Å². The largest absolute Gasteiger partial charge is 0.311 e. The van der Waals surface area contributed by atoms with Crippen molar-refractivity contribution in [3.63, 3.8) is 0 Å². The Kier molecular flexibility index (Phi) is 11.5. The summed E-state index contributed by atoms with van der Waals surface area (Å²) in [5, 5.41) is 0. The molecule has 0 fully saturated rings. The summed E-state index contributed by atoms with van der Waals surface area (Å²) in [7, 11) is 0. The molecule has 0 unspecified atom stereocenters. The van der Waals surface area contributed by atoms with Crippen molar-refractivity contribution in [2.75, 3.05) is 9.80 Å². The number of anilines is 6. The van der Waals surface area contributed by atoms with Gasteiger partial charge in [-0.25, -0.2) is 0 Å². The van der Waals surface area contributed by atoms with E-state index >= 15 is 0 Å². The molecular formula is C56H44N2. The average molecular weight is 745 g/mol. The van der Waals surface area contributed by atoms with Gasteiger partial charge in [0.1, 0.15) is 0 Å². The SMILES string of the molecule is C=C(/C=C/c1ccccc1)c1ccc(N(c2ccccc2)c2ccc(-c3ccc(N(c4ccccc4)c4ccc(C(=C)/C=C/c5ccccc5)cc4)cc3)cc2)cc1. The average Bonchev–Trinajstić information content (AvgIpc) is 3.30. The Balaban J connectivity index is 1.02. The van der Waals surface area contributed by atoms with Gasteiger partial charge in [0.2, 0.25) is 0 Å². The zero-order valence-electron chi connectivity index (χ0n) is 32.4. The second-order valence-corrected chi connectivity index (χ2v) is 14.1. The minimum Gasteiger partial charge on any atom is -0.311 e. The molecule has 0 saturated carbocycles. The third-order valence-electron chi connectivity index (χ3n) is 10.2. The summed E-state index contributed by atoms with van der Waals surface area (Å²) in [5.41, 5.74) is 15.2. The number of para-hydroxylation sites is 2. The van der Waals surface area contributed by atoms with Gasteiger partial charge < -0.3 is 9.80 Å². The number of allylic oxidation sites excluding steroid dienone is 4. The molecule has 0 spiro atoms. The van der Waals surface area contributed by atoms with E-state index in [1.165, 1.54) is 0 Å². The van der Waals surface area contributed by atoms with Gasteiger partial charge in [-0.15, -0.1) is 0 Å². The van der Waals surface area contributed by atoms with Gasteiger partial charge >= 0.3 is 0 Å². The fraction of sp³-hybridized carbons (Fsp3) is 0. The highest BCUT2D eigenvalue weighted by atomic mass is 15.1. The van der Waals surface area contributed by atoms with Gasteiger partial charge in [-0.2, -0.15) is 0 Å². The van der Waals surface area contributed by atoms with Crippen molar-refractivity contribution in [2.45, 2.75) is 0 Å². The normalized spacial score (nSPS) is 11.1. The van der Waals surface area contributed by atoms with Crippen molar-refractivity contribution < 1.29 is 0 Å². The quantitative estimate of drug-likeness (QED) is 0.108. The highest BCUT2D eigenvalue weighted by molar-refractivity contribution is 5.84. The van der Waals surface area contributed by atoms with Crippen molar-refractivity contribution in [2.24, 2.45) is 0 Å². The summed E-state index contributed by atoms with van der Waals surface area (Å²) in [5.74, 6) is 0. The van der Waals surface area contributed by atoms with E-state index in [9.17, 15) is 0 Å². The molecule has 278 valence electrons. The number of rotatable bonds is 13. The number of benzene rings is 8. The van der Waals surface area contributed by atoms with E-state index in [-0.39, 0.29) is 0 Å². The lowest BCUT2D eigenvalue weighted by molar-refractivity contribution is 1.28. The van der Waals surface area contributed by atoms with Crippen LogP contribution in [0.15, 0.2) is 244 Å². The van der Waals surface area contributed by atoms with Crippen LogP contribution in [-0.2, 0) is 0 Å². The Labute approximate surface area is 343 Å². The summed E-state index contributed by atoms with van der Waals surface area (Å²) in [6.07, 6.45) is 8.35. The molecule has 2 heteroatoms. The van der Waals surface area contributed by atoms with Crippen LogP contribution >= 0.6 is 0 Å². The second kappa shape index (κ2) is 17.8. The van der Waals surface area contributed by atoms with E-state index < -0.39 is 0 Å². The van der Waals surface area contributed by atoms with Crippen LogP contribution in [0.5, 0.6) is 0 Å². The molecule has 58 heavy (non-hydrogen) atoms. The van der Waals surface area contributed by atoms with Gasteiger partial charge in [-0.3, -0.25) is 0 Å². The Hall–Kier alpha value is -7.68. The maximum atomic E-state index is 4.33. The van der Waals surface area contributed by atoms with Crippen molar-refractivity contribution >= 4 is 57.4 Å². The minimum atomic E-state index is 0.968. The lowest BCUT2D eigenvalue weighted by Crippen LogP contribution is -2.10. The fourth-order valence-electron chi connectivity index (χ4n) is 7.02. The smallest absolute Gasteiger partial charge is 0.0462 e. The molecule has 0 saturated heterocycles. The van der Waals surface area contributed by atoms with Crippen LogP contribution in [0.3, 0.4) is 0 Å². The highest BCUT2D eigenvalue weighted by Gasteiger charge is 2.15. The number of hydrogen-bond donors (Lipinski definition) is 0. The predicted octanol–water partition coefficient (Wildman–Crippen LogP) is 15.7. The van der Waals surface area contributed by atoms with Gasteiger partial charge in [0.05, 0.1) is 0 Å². The summed E-state index contributed by atoms with van der Waals surface area (Å²) in [6.45, 7) is 8.66. The van der Waals surface area contributed by atoms with Gasteiger partial charge in [0.25, 0.3) is 0 Å². The zero-order valence-corrected chi connectivity index (χ0v) is 32.4. The zero-order chi connectivity index (χ0) is 39.5. The Morgan fingerprint density at radius 2 is 0.552 bits per heavy atom.